The van der Waals surface area contributed by atoms with E-state index in [-0.39, 0.29) is 12.1 Å². The zero-order valence-electron chi connectivity index (χ0n) is 11.1. The third kappa shape index (κ3) is 4.27. The first kappa shape index (κ1) is 17.4. The van der Waals surface area contributed by atoms with Gasteiger partial charge in [-0.2, -0.15) is 0 Å². The summed E-state index contributed by atoms with van der Waals surface area (Å²) in [6.45, 7) is 2.01. The van der Waals surface area contributed by atoms with Crippen molar-refractivity contribution >= 4 is 62.1 Å². The Morgan fingerprint density at radius 2 is 1.86 bits per heavy atom. The van der Waals surface area contributed by atoms with Gasteiger partial charge in [0.2, 0.25) is 0 Å². The average Bonchev–Trinajstić information content (AvgIpc) is 2.87. The normalized spacial score (nSPS) is 14.0. The number of thiophene rings is 1. The van der Waals surface area contributed by atoms with E-state index in [0.717, 1.165) is 15.8 Å². The van der Waals surface area contributed by atoms with Crippen LogP contribution in [0.1, 0.15) is 24.3 Å². The number of hydrogen-bond donors (Lipinski definition) is 1. The summed E-state index contributed by atoms with van der Waals surface area (Å²) in [7, 11) is 0. The summed E-state index contributed by atoms with van der Waals surface area (Å²) in [6.07, 6.45) is 0.486. The molecule has 0 spiro atoms. The van der Waals surface area contributed by atoms with Crippen molar-refractivity contribution in [2.45, 2.75) is 25.5 Å². The molecule has 2 unspecified atom stereocenters. The molecule has 114 valence electrons. The Morgan fingerprint density at radius 3 is 2.43 bits per heavy atom. The molecule has 0 fully saturated rings. The highest BCUT2D eigenvalue weighted by molar-refractivity contribution is 9.10. The highest BCUT2D eigenvalue weighted by Crippen LogP contribution is 2.38. The number of rotatable bonds is 5. The highest BCUT2D eigenvalue weighted by Gasteiger charge is 2.23. The predicted molar refractivity (Wildman–Crippen MR) is 95.1 cm³/mol. The molecule has 7 heteroatoms. The van der Waals surface area contributed by atoms with Crippen LogP contribution in [0.25, 0.3) is 0 Å². The average molecular weight is 430 g/mol. The lowest BCUT2D eigenvalue weighted by Crippen LogP contribution is -2.31. The Labute approximate surface area is 151 Å². The fourth-order valence-corrected chi connectivity index (χ4v) is 3.91. The van der Waals surface area contributed by atoms with Gasteiger partial charge in [-0.25, -0.2) is 0 Å². The first-order valence-corrected chi connectivity index (χ1v) is 9.03. The van der Waals surface area contributed by atoms with Gasteiger partial charge >= 0.3 is 0 Å². The van der Waals surface area contributed by atoms with Crippen LogP contribution in [0.2, 0.25) is 15.1 Å². The zero-order chi connectivity index (χ0) is 15.6. The SMILES string of the molecule is CCC(N)C(Oc1cc(Cl)c(Cl)cc1Cl)c1cc(Br)cs1. The number of ether oxygens (including phenoxy) is 1. The van der Waals surface area contributed by atoms with Crippen LogP contribution in [0.15, 0.2) is 28.1 Å². The standard InChI is InChI=1S/C14H13BrCl3NOS/c1-2-11(19)14(13-3-7(15)6-21-13)20-12-5-9(17)8(16)4-10(12)18/h3-6,11,14H,2,19H2,1H3. The van der Waals surface area contributed by atoms with E-state index in [2.05, 4.69) is 15.9 Å². The van der Waals surface area contributed by atoms with Crippen LogP contribution in [-0.4, -0.2) is 6.04 Å². The molecular formula is C14H13BrCl3NOS. The van der Waals surface area contributed by atoms with Crippen LogP contribution < -0.4 is 10.5 Å². The van der Waals surface area contributed by atoms with Gasteiger partial charge < -0.3 is 10.5 Å². The second kappa shape index (κ2) is 7.53. The minimum atomic E-state index is -0.291. The minimum Gasteiger partial charge on any atom is -0.482 e. The summed E-state index contributed by atoms with van der Waals surface area (Å²) in [6, 6.07) is 5.03. The van der Waals surface area contributed by atoms with Crippen molar-refractivity contribution in [3.8, 4) is 5.75 Å². The summed E-state index contributed by atoms with van der Waals surface area (Å²) in [5, 5.41) is 3.19. The summed E-state index contributed by atoms with van der Waals surface area (Å²) in [5.41, 5.74) is 6.19. The lowest BCUT2D eigenvalue weighted by atomic mass is 10.1. The van der Waals surface area contributed by atoms with E-state index in [0.29, 0.717) is 20.8 Å². The lowest BCUT2D eigenvalue weighted by molar-refractivity contribution is 0.175. The molecule has 2 rings (SSSR count). The van der Waals surface area contributed by atoms with E-state index in [1.807, 2.05) is 18.4 Å². The summed E-state index contributed by atoms with van der Waals surface area (Å²) in [4.78, 5) is 1.03. The monoisotopic (exact) mass is 427 g/mol. The molecule has 0 aliphatic rings. The Balaban J connectivity index is 2.33. The fraction of sp³-hybridized carbons (Fsp3) is 0.286. The number of benzene rings is 1. The van der Waals surface area contributed by atoms with Crippen LogP contribution in [0.4, 0.5) is 0 Å². The molecular weight excluding hydrogens is 416 g/mol. The van der Waals surface area contributed by atoms with E-state index < -0.39 is 0 Å². The second-order valence-electron chi connectivity index (χ2n) is 4.47. The molecule has 0 saturated heterocycles. The molecule has 1 aromatic carbocycles. The maximum atomic E-state index is 6.19. The van der Waals surface area contributed by atoms with Crippen molar-refractivity contribution in [3.63, 3.8) is 0 Å². The van der Waals surface area contributed by atoms with Gasteiger partial charge in [0.05, 0.1) is 15.1 Å². The van der Waals surface area contributed by atoms with Crippen LogP contribution >= 0.6 is 62.1 Å². The van der Waals surface area contributed by atoms with Gasteiger partial charge in [-0.05, 0) is 34.5 Å². The predicted octanol–water partition coefficient (Wildman–Crippen LogP) is 6.33. The van der Waals surface area contributed by atoms with Crippen molar-refractivity contribution in [3.05, 3.63) is 48.0 Å². The van der Waals surface area contributed by atoms with Gasteiger partial charge in [-0.3, -0.25) is 0 Å². The molecule has 1 heterocycles. The Bertz CT molecular complexity index is 635. The van der Waals surface area contributed by atoms with E-state index in [9.17, 15) is 0 Å². The zero-order valence-corrected chi connectivity index (χ0v) is 15.7. The van der Waals surface area contributed by atoms with E-state index in [1.165, 1.54) is 0 Å². The van der Waals surface area contributed by atoms with Crippen LogP contribution in [0, 0.1) is 0 Å². The van der Waals surface area contributed by atoms with Gasteiger partial charge in [0.25, 0.3) is 0 Å². The van der Waals surface area contributed by atoms with Gasteiger partial charge in [0.1, 0.15) is 11.9 Å². The molecule has 21 heavy (non-hydrogen) atoms. The van der Waals surface area contributed by atoms with Gasteiger partial charge in [-0.1, -0.05) is 41.7 Å². The molecule has 2 N–H and O–H groups in total. The fourth-order valence-electron chi connectivity index (χ4n) is 1.78. The van der Waals surface area contributed by atoms with Crippen LogP contribution in [-0.2, 0) is 0 Å². The van der Waals surface area contributed by atoms with E-state index in [1.54, 1.807) is 23.5 Å². The Kier molecular flexibility index (Phi) is 6.24. The molecule has 2 aromatic rings. The number of halogens is 4. The molecule has 0 saturated carbocycles. The van der Waals surface area contributed by atoms with Crippen LogP contribution in [0.3, 0.4) is 0 Å². The molecule has 0 amide bonds. The first-order chi connectivity index (χ1) is 9.92. The third-order valence-corrected chi connectivity index (χ3v) is 5.73. The minimum absolute atomic E-state index is 0.152. The van der Waals surface area contributed by atoms with E-state index in [4.69, 9.17) is 45.3 Å². The maximum Gasteiger partial charge on any atom is 0.148 e. The summed E-state index contributed by atoms with van der Waals surface area (Å²) >= 11 is 23.2. The Morgan fingerprint density at radius 1 is 1.19 bits per heavy atom. The van der Waals surface area contributed by atoms with Crippen molar-refractivity contribution in [2.24, 2.45) is 5.73 Å². The quantitative estimate of drug-likeness (QED) is 0.564. The number of nitrogens with two attached hydrogens (primary N) is 1. The van der Waals surface area contributed by atoms with Crippen molar-refractivity contribution in [1.82, 2.24) is 0 Å². The molecule has 1 aromatic heterocycles. The van der Waals surface area contributed by atoms with Gasteiger partial charge in [0.15, 0.2) is 0 Å². The molecule has 2 atom stereocenters. The van der Waals surface area contributed by atoms with Crippen LogP contribution in [0.5, 0.6) is 5.75 Å². The third-order valence-electron chi connectivity index (χ3n) is 2.96. The van der Waals surface area contributed by atoms with Crippen molar-refractivity contribution in [2.75, 3.05) is 0 Å². The summed E-state index contributed by atoms with van der Waals surface area (Å²) < 4.78 is 7.02. The first-order valence-electron chi connectivity index (χ1n) is 6.23. The summed E-state index contributed by atoms with van der Waals surface area (Å²) in [5.74, 6) is 0.476. The Hall–Kier alpha value is 0.0300. The molecule has 2 nitrogen and oxygen atoms in total. The second-order valence-corrected chi connectivity index (χ2v) is 7.55. The largest absolute Gasteiger partial charge is 0.482 e. The van der Waals surface area contributed by atoms with Crippen molar-refractivity contribution in [1.29, 1.82) is 0 Å². The molecule has 0 bridgehead atoms. The highest BCUT2D eigenvalue weighted by atomic mass is 79.9. The molecule has 0 aliphatic carbocycles. The molecule has 0 radical (unpaired) electrons. The number of hydrogen-bond acceptors (Lipinski definition) is 3. The smallest absolute Gasteiger partial charge is 0.148 e. The maximum absolute atomic E-state index is 6.19. The van der Waals surface area contributed by atoms with Gasteiger partial charge in [0, 0.05) is 26.8 Å². The van der Waals surface area contributed by atoms with Gasteiger partial charge in [-0.15, -0.1) is 11.3 Å². The van der Waals surface area contributed by atoms with E-state index >= 15 is 0 Å². The topological polar surface area (TPSA) is 35.2 Å². The van der Waals surface area contributed by atoms with Crippen molar-refractivity contribution < 1.29 is 4.74 Å². The lowest BCUT2D eigenvalue weighted by Gasteiger charge is -2.24. The molecule has 0 aliphatic heterocycles.